The molecule has 0 saturated carbocycles. The van der Waals surface area contributed by atoms with Crippen molar-refractivity contribution in [2.45, 2.75) is 25.8 Å². The van der Waals surface area contributed by atoms with Gasteiger partial charge in [0, 0.05) is 29.7 Å². The van der Waals surface area contributed by atoms with Crippen molar-refractivity contribution in [2.75, 3.05) is 11.4 Å². The molecule has 2 heterocycles. The van der Waals surface area contributed by atoms with E-state index in [0.29, 0.717) is 18.7 Å². The molecular formula is C19H17BrN2O3. The number of amides is 1. The second-order valence-electron chi connectivity index (χ2n) is 6.16. The van der Waals surface area contributed by atoms with Gasteiger partial charge in [0.05, 0.1) is 5.52 Å². The number of aryl methyl sites for hydroxylation is 2. The number of rotatable bonds is 3. The van der Waals surface area contributed by atoms with Crippen LogP contribution in [0.2, 0.25) is 0 Å². The highest BCUT2D eigenvalue weighted by Crippen LogP contribution is 2.30. The molecule has 0 saturated heterocycles. The number of nitrogens with zero attached hydrogens (tertiary/aromatic N) is 2. The van der Waals surface area contributed by atoms with E-state index in [1.165, 1.54) is 10.1 Å². The Morgan fingerprint density at radius 3 is 2.92 bits per heavy atom. The molecule has 0 unspecified atom stereocenters. The normalized spacial score (nSPS) is 13.9. The van der Waals surface area contributed by atoms with Gasteiger partial charge in [-0.2, -0.15) is 0 Å². The largest absolute Gasteiger partial charge is 0.419 e. The SMILES string of the molecule is O=C(CCn1c(=O)oc2ccccc21)N1CCCc2cc(Br)ccc21. The smallest absolute Gasteiger partial charge is 0.408 e. The first kappa shape index (κ1) is 16.1. The summed E-state index contributed by atoms with van der Waals surface area (Å²) in [6, 6.07) is 13.3. The third-order valence-electron chi connectivity index (χ3n) is 4.58. The Morgan fingerprint density at radius 2 is 2.04 bits per heavy atom. The van der Waals surface area contributed by atoms with Crippen molar-refractivity contribution < 1.29 is 9.21 Å². The van der Waals surface area contributed by atoms with Gasteiger partial charge in [0.25, 0.3) is 0 Å². The molecule has 0 spiro atoms. The van der Waals surface area contributed by atoms with E-state index in [1.807, 2.05) is 35.2 Å². The van der Waals surface area contributed by atoms with Gasteiger partial charge in [-0.3, -0.25) is 9.36 Å². The molecule has 0 fully saturated rings. The minimum atomic E-state index is -0.419. The maximum absolute atomic E-state index is 12.8. The van der Waals surface area contributed by atoms with Crippen LogP contribution in [0.4, 0.5) is 5.69 Å². The topological polar surface area (TPSA) is 55.5 Å². The lowest BCUT2D eigenvalue weighted by molar-refractivity contribution is -0.118. The molecule has 1 aromatic heterocycles. The third kappa shape index (κ3) is 3.02. The average molecular weight is 401 g/mol. The van der Waals surface area contributed by atoms with Crippen LogP contribution < -0.4 is 10.7 Å². The molecule has 1 amide bonds. The summed E-state index contributed by atoms with van der Waals surface area (Å²) < 4.78 is 7.78. The summed E-state index contributed by atoms with van der Waals surface area (Å²) in [5.74, 6) is -0.391. The highest BCUT2D eigenvalue weighted by atomic mass is 79.9. The van der Waals surface area contributed by atoms with Gasteiger partial charge in [0.2, 0.25) is 5.91 Å². The van der Waals surface area contributed by atoms with Crippen molar-refractivity contribution in [2.24, 2.45) is 0 Å². The van der Waals surface area contributed by atoms with Crippen molar-refractivity contribution in [3.8, 4) is 0 Å². The molecule has 0 atom stereocenters. The summed E-state index contributed by atoms with van der Waals surface area (Å²) in [4.78, 5) is 26.6. The maximum atomic E-state index is 12.8. The molecule has 4 rings (SSSR count). The van der Waals surface area contributed by atoms with Gasteiger partial charge >= 0.3 is 5.76 Å². The van der Waals surface area contributed by atoms with E-state index >= 15 is 0 Å². The molecule has 3 aromatic rings. The molecule has 128 valence electrons. The zero-order valence-corrected chi connectivity index (χ0v) is 15.2. The summed E-state index contributed by atoms with van der Waals surface area (Å²) in [6.45, 7) is 1.03. The van der Waals surface area contributed by atoms with Crippen molar-refractivity contribution in [1.82, 2.24) is 4.57 Å². The molecular weight excluding hydrogens is 384 g/mol. The quantitative estimate of drug-likeness (QED) is 0.672. The van der Waals surface area contributed by atoms with Crippen molar-refractivity contribution in [3.63, 3.8) is 0 Å². The van der Waals surface area contributed by atoms with Crippen LogP contribution >= 0.6 is 15.9 Å². The molecule has 0 N–H and O–H groups in total. The predicted molar refractivity (Wildman–Crippen MR) is 99.9 cm³/mol. The number of hydrogen-bond donors (Lipinski definition) is 0. The number of aromatic nitrogens is 1. The Labute approximate surface area is 153 Å². The van der Waals surface area contributed by atoms with Gasteiger partial charge in [-0.05, 0) is 48.7 Å². The van der Waals surface area contributed by atoms with Crippen LogP contribution in [-0.2, 0) is 17.8 Å². The van der Waals surface area contributed by atoms with Crippen molar-refractivity contribution in [1.29, 1.82) is 0 Å². The van der Waals surface area contributed by atoms with E-state index in [-0.39, 0.29) is 12.3 Å². The van der Waals surface area contributed by atoms with E-state index in [9.17, 15) is 9.59 Å². The molecule has 0 radical (unpaired) electrons. The van der Waals surface area contributed by atoms with Crippen LogP contribution in [-0.4, -0.2) is 17.0 Å². The van der Waals surface area contributed by atoms with Crippen LogP contribution in [0, 0.1) is 0 Å². The zero-order valence-electron chi connectivity index (χ0n) is 13.6. The predicted octanol–water partition coefficient (Wildman–Crippen LogP) is 3.73. The molecule has 5 nitrogen and oxygen atoms in total. The van der Waals surface area contributed by atoms with E-state index in [2.05, 4.69) is 22.0 Å². The lowest BCUT2D eigenvalue weighted by atomic mass is 10.0. The third-order valence-corrected chi connectivity index (χ3v) is 5.08. The van der Waals surface area contributed by atoms with Gasteiger partial charge < -0.3 is 9.32 Å². The van der Waals surface area contributed by atoms with E-state index < -0.39 is 5.76 Å². The Bertz CT molecular complexity index is 1010. The lowest BCUT2D eigenvalue weighted by Gasteiger charge is -2.29. The van der Waals surface area contributed by atoms with Crippen LogP contribution in [0.1, 0.15) is 18.4 Å². The molecule has 6 heteroatoms. The fourth-order valence-electron chi connectivity index (χ4n) is 3.39. The number of anilines is 1. The van der Waals surface area contributed by atoms with Crippen LogP contribution in [0.25, 0.3) is 11.1 Å². The number of halogens is 1. The van der Waals surface area contributed by atoms with Crippen LogP contribution in [0.5, 0.6) is 0 Å². The highest BCUT2D eigenvalue weighted by Gasteiger charge is 2.23. The van der Waals surface area contributed by atoms with Crippen molar-refractivity contribution in [3.05, 3.63) is 63.1 Å². The second kappa shape index (κ2) is 6.52. The van der Waals surface area contributed by atoms with E-state index in [1.54, 1.807) is 6.07 Å². The number of oxazole rings is 1. The van der Waals surface area contributed by atoms with Crippen LogP contribution in [0.15, 0.2) is 56.1 Å². The number of para-hydroxylation sites is 2. The Hall–Kier alpha value is -2.34. The van der Waals surface area contributed by atoms with E-state index in [4.69, 9.17) is 4.42 Å². The minimum Gasteiger partial charge on any atom is -0.408 e. The molecule has 1 aliphatic rings. The van der Waals surface area contributed by atoms with Crippen LogP contribution in [0.3, 0.4) is 0 Å². The first-order chi connectivity index (χ1) is 12.1. The standard InChI is InChI=1S/C19H17BrN2O3/c20-14-7-8-15-13(12-14)4-3-10-21(15)18(23)9-11-22-16-5-1-2-6-17(16)25-19(22)24/h1-2,5-8,12H,3-4,9-11H2. The number of carbonyl (C=O) groups is 1. The van der Waals surface area contributed by atoms with Gasteiger partial charge in [0.15, 0.2) is 5.58 Å². The fraction of sp³-hybridized carbons (Fsp3) is 0.263. The number of fused-ring (bicyclic) bond motifs is 2. The number of hydrogen-bond acceptors (Lipinski definition) is 3. The summed E-state index contributed by atoms with van der Waals surface area (Å²) in [7, 11) is 0. The molecule has 2 aromatic carbocycles. The molecule has 0 aliphatic carbocycles. The minimum absolute atomic E-state index is 0.0282. The molecule has 0 bridgehead atoms. The first-order valence-corrected chi connectivity index (χ1v) is 9.10. The maximum Gasteiger partial charge on any atom is 0.419 e. The summed E-state index contributed by atoms with van der Waals surface area (Å²) in [5, 5.41) is 0. The highest BCUT2D eigenvalue weighted by molar-refractivity contribution is 9.10. The lowest BCUT2D eigenvalue weighted by Crippen LogP contribution is -2.36. The van der Waals surface area contributed by atoms with Gasteiger partial charge in [-0.1, -0.05) is 28.1 Å². The Morgan fingerprint density at radius 1 is 1.20 bits per heavy atom. The van der Waals surface area contributed by atoms with Crippen molar-refractivity contribution >= 4 is 38.6 Å². The molecule has 25 heavy (non-hydrogen) atoms. The Balaban J connectivity index is 1.55. The average Bonchev–Trinajstić information content (AvgIpc) is 2.94. The molecule has 1 aliphatic heterocycles. The first-order valence-electron chi connectivity index (χ1n) is 8.30. The van der Waals surface area contributed by atoms with Gasteiger partial charge in [-0.15, -0.1) is 0 Å². The number of carbonyl (C=O) groups excluding carboxylic acids is 1. The van der Waals surface area contributed by atoms with E-state index in [0.717, 1.165) is 28.5 Å². The Kier molecular flexibility index (Phi) is 4.21. The van der Waals surface area contributed by atoms with Gasteiger partial charge in [0.1, 0.15) is 0 Å². The summed E-state index contributed by atoms with van der Waals surface area (Å²) in [5.41, 5.74) is 3.43. The number of benzene rings is 2. The summed E-state index contributed by atoms with van der Waals surface area (Å²) in [6.07, 6.45) is 2.19. The second-order valence-corrected chi connectivity index (χ2v) is 7.07. The monoisotopic (exact) mass is 400 g/mol. The van der Waals surface area contributed by atoms with Gasteiger partial charge in [-0.25, -0.2) is 4.79 Å². The zero-order chi connectivity index (χ0) is 17.4. The fourth-order valence-corrected chi connectivity index (χ4v) is 3.80. The summed E-state index contributed by atoms with van der Waals surface area (Å²) >= 11 is 3.48.